The molecule has 2 fully saturated rings. The summed E-state index contributed by atoms with van der Waals surface area (Å²) in [5.74, 6) is 0.770. The zero-order chi connectivity index (χ0) is 28.4. The lowest BCUT2D eigenvalue weighted by atomic mass is 9.92. The molecule has 214 valence electrons. The van der Waals surface area contributed by atoms with Crippen LogP contribution in [0.3, 0.4) is 0 Å². The van der Waals surface area contributed by atoms with Crippen molar-refractivity contribution in [1.82, 2.24) is 20.4 Å². The van der Waals surface area contributed by atoms with Gasteiger partial charge in [-0.25, -0.2) is 0 Å². The van der Waals surface area contributed by atoms with Gasteiger partial charge in [0.2, 0.25) is 11.8 Å². The number of aryl methyl sites for hydroxylation is 2. The van der Waals surface area contributed by atoms with E-state index in [-0.39, 0.29) is 18.4 Å². The van der Waals surface area contributed by atoms with E-state index in [0.29, 0.717) is 31.1 Å². The molecule has 2 aliphatic heterocycles. The fraction of sp³-hybridized carbons (Fsp3) is 0.515. The number of nitrogens with zero attached hydrogens (tertiary/aromatic N) is 2. The second kappa shape index (κ2) is 11.8. The molecule has 2 aliphatic rings. The molecule has 7 nitrogen and oxygen atoms in total. The van der Waals surface area contributed by atoms with Crippen LogP contribution in [0.1, 0.15) is 80.7 Å². The Hall–Kier alpha value is -3.16. The lowest BCUT2D eigenvalue weighted by Gasteiger charge is -2.32. The zero-order valence-electron chi connectivity index (χ0n) is 24.5. The van der Waals surface area contributed by atoms with Crippen LogP contribution in [0.5, 0.6) is 5.88 Å². The largest absolute Gasteiger partial charge is 0.475 e. The molecule has 1 amide bonds. The first-order valence-electron chi connectivity index (χ1n) is 14.7. The van der Waals surface area contributed by atoms with Crippen LogP contribution in [0, 0.1) is 19.3 Å². The maximum absolute atomic E-state index is 13.6. The van der Waals surface area contributed by atoms with Crippen molar-refractivity contribution in [2.75, 3.05) is 19.7 Å². The molecule has 0 radical (unpaired) electrons. The number of hydrogen-bond donors (Lipinski definition) is 3. The Kier molecular flexibility index (Phi) is 8.34. The number of hydrogen-bond acceptors (Lipinski definition) is 5. The molecule has 7 heteroatoms. The number of aromatic nitrogens is 2. The lowest BCUT2D eigenvalue weighted by molar-refractivity contribution is -0.143. The summed E-state index contributed by atoms with van der Waals surface area (Å²) < 4.78 is 6.39. The summed E-state index contributed by atoms with van der Waals surface area (Å²) in [5, 5.41) is 21.9. The van der Waals surface area contributed by atoms with Gasteiger partial charge >= 0.3 is 0 Å². The van der Waals surface area contributed by atoms with Crippen molar-refractivity contribution in [2.24, 2.45) is 5.41 Å². The number of rotatable bonds is 11. The summed E-state index contributed by atoms with van der Waals surface area (Å²) in [4.78, 5) is 15.7. The van der Waals surface area contributed by atoms with Crippen LogP contribution in [0.2, 0.25) is 0 Å². The van der Waals surface area contributed by atoms with Gasteiger partial charge in [-0.1, -0.05) is 54.4 Å². The van der Waals surface area contributed by atoms with Gasteiger partial charge in [0.1, 0.15) is 6.61 Å². The molecule has 2 bridgehead atoms. The Balaban J connectivity index is 1.33. The highest BCUT2D eigenvalue weighted by Crippen LogP contribution is 2.41. The Morgan fingerprint density at radius 1 is 1.07 bits per heavy atom. The predicted octanol–water partition coefficient (Wildman–Crippen LogP) is 5.68. The number of carbonyl (C=O) groups excluding carboxylic acids is 1. The number of nitrogens with one attached hydrogen (secondary N) is 2. The SMILES string of the molecule is Cc1cc(C)cc(-c2[nH]nc(OCC(C)(C)C(=O)N3C4CCC3CC4)c2[C@H](C)CNCC(O)c2ccccc2)c1. The van der Waals surface area contributed by atoms with Gasteiger partial charge < -0.3 is 20.1 Å². The van der Waals surface area contributed by atoms with E-state index < -0.39 is 11.5 Å². The van der Waals surface area contributed by atoms with Gasteiger partial charge in [0, 0.05) is 42.2 Å². The van der Waals surface area contributed by atoms with Gasteiger partial charge in [-0.15, -0.1) is 5.10 Å². The quantitative estimate of drug-likeness (QED) is 0.289. The Labute approximate surface area is 238 Å². The molecule has 2 saturated heterocycles. The van der Waals surface area contributed by atoms with Gasteiger partial charge in [-0.3, -0.25) is 9.89 Å². The van der Waals surface area contributed by atoms with E-state index in [4.69, 9.17) is 4.74 Å². The van der Waals surface area contributed by atoms with Crippen LogP contribution in [-0.2, 0) is 4.79 Å². The molecule has 3 aromatic rings. The molecular formula is C33H44N4O3. The van der Waals surface area contributed by atoms with Crippen LogP contribution >= 0.6 is 0 Å². The molecule has 2 aromatic carbocycles. The van der Waals surface area contributed by atoms with Crippen LogP contribution in [0.4, 0.5) is 0 Å². The highest BCUT2D eigenvalue weighted by molar-refractivity contribution is 5.83. The molecule has 3 heterocycles. The summed E-state index contributed by atoms with van der Waals surface area (Å²) >= 11 is 0. The van der Waals surface area contributed by atoms with E-state index >= 15 is 0 Å². The molecule has 2 atom stereocenters. The lowest BCUT2D eigenvalue weighted by Crippen LogP contribution is -2.46. The van der Waals surface area contributed by atoms with Crippen molar-refractivity contribution in [1.29, 1.82) is 0 Å². The minimum atomic E-state index is -0.650. The monoisotopic (exact) mass is 544 g/mol. The van der Waals surface area contributed by atoms with Crippen LogP contribution in [-0.4, -0.2) is 57.9 Å². The highest BCUT2D eigenvalue weighted by Gasteiger charge is 2.46. The van der Waals surface area contributed by atoms with Gasteiger partial charge in [0.25, 0.3) is 0 Å². The fourth-order valence-corrected chi connectivity index (χ4v) is 6.48. The van der Waals surface area contributed by atoms with Gasteiger partial charge in [-0.05, 0) is 71.1 Å². The topological polar surface area (TPSA) is 90.5 Å². The third-order valence-electron chi connectivity index (χ3n) is 8.58. The maximum Gasteiger partial charge on any atom is 0.236 e. The highest BCUT2D eigenvalue weighted by atomic mass is 16.5. The molecule has 0 saturated carbocycles. The first-order chi connectivity index (χ1) is 19.1. The number of aliphatic hydroxyl groups is 1. The predicted molar refractivity (Wildman–Crippen MR) is 158 cm³/mol. The van der Waals surface area contributed by atoms with E-state index in [1.54, 1.807) is 0 Å². The second-order valence-electron chi connectivity index (χ2n) is 12.5. The number of benzene rings is 2. The zero-order valence-corrected chi connectivity index (χ0v) is 24.5. The minimum absolute atomic E-state index is 0.0424. The van der Waals surface area contributed by atoms with Gasteiger partial charge in [0.05, 0.1) is 17.2 Å². The molecule has 1 aromatic heterocycles. The second-order valence-corrected chi connectivity index (χ2v) is 12.5. The average molecular weight is 545 g/mol. The molecule has 3 N–H and O–H groups in total. The van der Waals surface area contributed by atoms with Gasteiger partial charge in [-0.2, -0.15) is 0 Å². The first-order valence-corrected chi connectivity index (χ1v) is 14.7. The van der Waals surface area contributed by atoms with E-state index in [9.17, 15) is 9.90 Å². The molecule has 1 unspecified atom stereocenters. The first kappa shape index (κ1) is 28.4. The molecule has 0 spiro atoms. The summed E-state index contributed by atoms with van der Waals surface area (Å²) in [5.41, 5.74) is 5.59. The van der Waals surface area contributed by atoms with E-state index in [0.717, 1.165) is 48.1 Å². The third-order valence-corrected chi connectivity index (χ3v) is 8.58. The number of fused-ring (bicyclic) bond motifs is 2. The maximum atomic E-state index is 13.6. The van der Waals surface area contributed by atoms with E-state index in [1.807, 2.05) is 44.2 Å². The summed E-state index contributed by atoms with van der Waals surface area (Å²) in [6, 6.07) is 17.0. The Morgan fingerprint density at radius 2 is 1.70 bits per heavy atom. The Morgan fingerprint density at radius 3 is 2.33 bits per heavy atom. The Bertz CT molecular complexity index is 1280. The van der Waals surface area contributed by atoms with Crippen molar-refractivity contribution in [3.05, 3.63) is 70.8 Å². The summed E-state index contributed by atoms with van der Waals surface area (Å²) in [6.07, 6.45) is 3.92. The number of aliphatic hydroxyl groups excluding tert-OH is 1. The van der Waals surface area contributed by atoms with Gasteiger partial charge in [0.15, 0.2) is 0 Å². The van der Waals surface area contributed by atoms with Crippen molar-refractivity contribution < 1.29 is 14.6 Å². The fourth-order valence-electron chi connectivity index (χ4n) is 6.48. The molecule has 5 rings (SSSR count). The van der Waals surface area contributed by atoms with Crippen molar-refractivity contribution in [3.63, 3.8) is 0 Å². The number of H-pyrrole nitrogens is 1. The number of carbonyl (C=O) groups is 1. The average Bonchev–Trinajstić information content (AvgIpc) is 3.66. The van der Waals surface area contributed by atoms with Crippen molar-refractivity contribution in [3.8, 4) is 17.1 Å². The number of amides is 1. The standard InChI is InChI=1S/C33H44N4O3/c1-21-15-22(2)17-25(16-21)30-29(23(3)18-34-19-28(38)24-9-7-6-8-10-24)31(36-35-30)40-20-33(4,5)32(39)37-26-11-12-27(37)14-13-26/h6-10,15-17,23,26-28,34,38H,11-14,18-20H2,1-5H3,(H,35,36)/t23-,26?,27?,28?/m1/s1. The summed E-state index contributed by atoms with van der Waals surface area (Å²) in [7, 11) is 0. The summed E-state index contributed by atoms with van der Waals surface area (Å²) in [6.45, 7) is 11.7. The van der Waals surface area contributed by atoms with Crippen LogP contribution in [0.15, 0.2) is 48.5 Å². The van der Waals surface area contributed by atoms with Crippen LogP contribution in [0.25, 0.3) is 11.3 Å². The van der Waals surface area contributed by atoms with Crippen molar-refractivity contribution in [2.45, 2.75) is 84.4 Å². The molecule has 40 heavy (non-hydrogen) atoms. The number of ether oxygens (including phenoxy) is 1. The molecule has 0 aliphatic carbocycles. The van der Waals surface area contributed by atoms with Crippen LogP contribution < -0.4 is 10.1 Å². The normalized spacial score (nSPS) is 20.1. The third kappa shape index (κ3) is 5.96. The minimum Gasteiger partial charge on any atom is -0.475 e. The number of aromatic amines is 1. The van der Waals surface area contributed by atoms with E-state index in [2.05, 4.69) is 59.4 Å². The van der Waals surface area contributed by atoms with E-state index in [1.165, 1.54) is 11.1 Å². The van der Waals surface area contributed by atoms with Crippen molar-refractivity contribution >= 4 is 5.91 Å². The smallest absolute Gasteiger partial charge is 0.236 e. The molecular weight excluding hydrogens is 500 g/mol.